The van der Waals surface area contributed by atoms with E-state index in [1.807, 2.05) is 0 Å². The van der Waals surface area contributed by atoms with Gasteiger partial charge in [0.1, 0.15) is 5.70 Å². The topological polar surface area (TPSA) is 93.1 Å². The number of aliphatic hydroxyl groups is 1. The molecule has 2 rings (SSSR count). The lowest BCUT2D eigenvalue weighted by molar-refractivity contribution is -0.172. The van der Waals surface area contributed by atoms with Crippen molar-refractivity contribution in [3.8, 4) is 0 Å². The second-order valence-electron chi connectivity index (χ2n) is 6.09. The second kappa shape index (κ2) is 5.92. The van der Waals surface area contributed by atoms with Crippen LogP contribution in [0.25, 0.3) is 0 Å². The molecule has 22 heavy (non-hydrogen) atoms. The Balaban J connectivity index is 1.87. The average Bonchev–Trinajstić information content (AvgIpc) is 2.83. The van der Waals surface area contributed by atoms with Crippen molar-refractivity contribution in [1.82, 2.24) is 4.90 Å². The fraction of sp³-hybridized carbons (Fsp3) is 0.533. The standard InChI is InChI=1S/C15H19NO6/c1-15(2,3)14(20)22-8-21-13(19)11-5-4-10-9(6-7-17)12(18)16(10)11/h5-6,10,17H,4,7-8H2,1-3H3. The predicted octanol–water partition coefficient (Wildman–Crippen LogP) is 0.494. The first kappa shape index (κ1) is 16.2. The van der Waals surface area contributed by atoms with Gasteiger partial charge in [0.25, 0.3) is 5.91 Å². The van der Waals surface area contributed by atoms with Gasteiger partial charge in [0.05, 0.1) is 18.1 Å². The van der Waals surface area contributed by atoms with Gasteiger partial charge in [0, 0.05) is 5.57 Å². The van der Waals surface area contributed by atoms with Crippen LogP contribution in [0.4, 0.5) is 0 Å². The number of aliphatic hydroxyl groups excluding tert-OH is 1. The highest BCUT2D eigenvalue weighted by Gasteiger charge is 2.48. The third kappa shape index (κ3) is 2.89. The minimum Gasteiger partial charge on any atom is -0.427 e. The number of amides is 1. The minimum absolute atomic E-state index is 0.150. The summed E-state index contributed by atoms with van der Waals surface area (Å²) in [6.07, 6.45) is 3.55. The zero-order valence-electron chi connectivity index (χ0n) is 12.8. The van der Waals surface area contributed by atoms with E-state index in [2.05, 4.69) is 0 Å². The lowest BCUT2D eigenvalue weighted by Crippen LogP contribution is -2.52. The smallest absolute Gasteiger partial charge is 0.357 e. The van der Waals surface area contributed by atoms with Crippen molar-refractivity contribution in [3.63, 3.8) is 0 Å². The lowest BCUT2D eigenvalue weighted by Gasteiger charge is -2.38. The quantitative estimate of drug-likeness (QED) is 0.352. The van der Waals surface area contributed by atoms with Gasteiger partial charge in [-0.25, -0.2) is 4.79 Å². The summed E-state index contributed by atoms with van der Waals surface area (Å²) < 4.78 is 9.72. The SMILES string of the molecule is CC(C)(C)C(=O)OCOC(=O)C1=CCC2C(=CCO)C(=O)N12. The summed E-state index contributed by atoms with van der Waals surface area (Å²) in [5.74, 6) is -1.50. The number of fused-ring (bicyclic) bond motifs is 1. The van der Waals surface area contributed by atoms with E-state index in [4.69, 9.17) is 14.6 Å². The highest BCUT2D eigenvalue weighted by Crippen LogP contribution is 2.38. The van der Waals surface area contributed by atoms with Crippen molar-refractivity contribution in [1.29, 1.82) is 0 Å². The molecule has 2 aliphatic heterocycles. The van der Waals surface area contributed by atoms with Crippen molar-refractivity contribution >= 4 is 17.8 Å². The Kier molecular flexibility index (Phi) is 4.37. The van der Waals surface area contributed by atoms with Crippen LogP contribution in [0.2, 0.25) is 0 Å². The highest BCUT2D eigenvalue weighted by atomic mass is 16.7. The molecule has 1 unspecified atom stereocenters. The Hall–Kier alpha value is -2.15. The van der Waals surface area contributed by atoms with E-state index in [0.717, 1.165) is 0 Å². The number of esters is 2. The first-order chi connectivity index (χ1) is 10.3. The molecule has 7 nitrogen and oxygen atoms in total. The normalized spacial score (nSPS) is 22.1. The van der Waals surface area contributed by atoms with E-state index in [1.54, 1.807) is 26.8 Å². The molecule has 0 aromatic carbocycles. The first-order valence-corrected chi connectivity index (χ1v) is 6.96. The molecule has 0 saturated carbocycles. The number of carbonyl (C=O) groups excluding carboxylic acids is 3. The minimum atomic E-state index is -0.708. The Labute approximate surface area is 128 Å². The molecule has 0 spiro atoms. The molecule has 0 aliphatic carbocycles. The molecule has 7 heteroatoms. The van der Waals surface area contributed by atoms with E-state index in [1.165, 1.54) is 11.0 Å². The molecule has 1 N–H and O–H groups in total. The molecule has 2 aliphatic rings. The molecule has 120 valence electrons. The molecule has 2 heterocycles. The zero-order valence-corrected chi connectivity index (χ0v) is 12.8. The lowest BCUT2D eigenvalue weighted by atomic mass is 9.94. The van der Waals surface area contributed by atoms with Gasteiger partial charge in [-0.1, -0.05) is 6.08 Å². The van der Waals surface area contributed by atoms with Gasteiger partial charge in [0.15, 0.2) is 0 Å². The summed E-state index contributed by atoms with van der Waals surface area (Å²) in [7, 11) is 0. The van der Waals surface area contributed by atoms with Gasteiger partial charge in [0.2, 0.25) is 6.79 Å². The summed E-state index contributed by atoms with van der Waals surface area (Å²) in [6, 6.07) is -0.209. The maximum absolute atomic E-state index is 11.9. The summed E-state index contributed by atoms with van der Waals surface area (Å²) in [6.45, 7) is 4.37. The van der Waals surface area contributed by atoms with Crippen LogP contribution in [0.1, 0.15) is 27.2 Å². The molecule has 0 radical (unpaired) electrons. The Bertz CT molecular complexity index is 569. The Morgan fingerprint density at radius 2 is 2.09 bits per heavy atom. The second-order valence-corrected chi connectivity index (χ2v) is 6.09. The molecular weight excluding hydrogens is 290 g/mol. The van der Waals surface area contributed by atoms with Crippen molar-refractivity contribution in [2.75, 3.05) is 13.4 Å². The van der Waals surface area contributed by atoms with Crippen LogP contribution >= 0.6 is 0 Å². The molecular formula is C15H19NO6. The van der Waals surface area contributed by atoms with Crippen molar-refractivity contribution in [2.45, 2.75) is 33.2 Å². The maximum atomic E-state index is 11.9. The van der Waals surface area contributed by atoms with Crippen LogP contribution in [0.3, 0.4) is 0 Å². The summed E-state index contributed by atoms with van der Waals surface area (Å²) in [5.41, 5.74) is -0.0284. The van der Waals surface area contributed by atoms with E-state index < -0.39 is 24.1 Å². The van der Waals surface area contributed by atoms with Crippen molar-refractivity contribution in [3.05, 3.63) is 23.4 Å². The number of rotatable bonds is 4. The number of hydrogen-bond acceptors (Lipinski definition) is 6. The van der Waals surface area contributed by atoms with Crippen molar-refractivity contribution < 1.29 is 29.0 Å². The van der Waals surface area contributed by atoms with Crippen LogP contribution in [0.15, 0.2) is 23.4 Å². The third-order valence-corrected chi connectivity index (χ3v) is 3.44. The molecule has 0 aromatic rings. The van der Waals surface area contributed by atoms with Crippen LogP contribution < -0.4 is 0 Å². The number of ether oxygens (including phenoxy) is 2. The van der Waals surface area contributed by atoms with Gasteiger partial charge in [-0.3, -0.25) is 14.5 Å². The molecule has 0 bridgehead atoms. The molecule has 1 saturated heterocycles. The largest absolute Gasteiger partial charge is 0.427 e. The van der Waals surface area contributed by atoms with Crippen LogP contribution in [0, 0.1) is 5.41 Å². The molecule has 1 amide bonds. The molecule has 0 aromatic heterocycles. The number of carbonyl (C=O) groups is 3. The summed E-state index contributed by atoms with van der Waals surface area (Å²) in [4.78, 5) is 36.7. The number of nitrogens with zero attached hydrogens (tertiary/aromatic N) is 1. The fourth-order valence-electron chi connectivity index (χ4n) is 2.26. The zero-order chi connectivity index (χ0) is 16.5. The van der Waals surface area contributed by atoms with Crippen LogP contribution in [-0.4, -0.2) is 47.3 Å². The van der Waals surface area contributed by atoms with E-state index in [0.29, 0.717) is 12.0 Å². The third-order valence-electron chi connectivity index (χ3n) is 3.44. The fourth-order valence-corrected chi connectivity index (χ4v) is 2.26. The molecule has 1 atom stereocenters. The maximum Gasteiger partial charge on any atom is 0.357 e. The van der Waals surface area contributed by atoms with Crippen LogP contribution in [0.5, 0.6) is 0 Å². The first-order valence-electron chi connectivity index (χ1n) is 6.96. The Morgan fingerprint density at radius 3 is 2.68 bits per heavy atom. The van der Waals surface area contributed by atoms with Gasteiger partial charge in [-0.2, -0.15) is 0 Å². The van der Waals surface area contributed by atoms with Crippen LogP contribution in [-0.2, 0) is 23.9 Å². The van der Waals surface area contributed by atoms with E-state index >= 15 is 0 Å². The van der Waals surface area contributed by atoms with Gasteiger partial charge >= 0.3 is 11.9 Å². The number of β-lactam (4-membered cyclic amide) rings is 1. The summed E-state index contributed by atoms with van der Waals surface area (Å²) >= 11 is 0. The van der Waals surface area contributed by atoms with E-state index in [-0.39, 0.29) is 24.3 Å². The highest BCUT2D eigenvalue weighted by molar-refractivity contribution is 6.08. The molecule has 1 fully saturated rings. The average molecular weight is 309 g/mol. The van der Waals surface area contributed by atoms with E-state index in [9.17, 15) is 14.4 Å². The number of hydrogen-bond donors (Lipinski definition) is 1. The van der Waals surface area contributed by atoms with Gasteiger partial charge in [-0.05, 0) is 33.3 Å². The Morgan fingerprint density at radius 1 is 1.41 bits per heavy atom. The predicted molar refractivity (Wildman–Crippen MR) is 75.0 cm³/mol. The van der Waals surface area contributed by atoms with Crippen molar-refractivity contribution in [2.24, 2.45) is 5.41 Å². The monoisotopic (exact) mass is 309 g/mol. The van der Waals surface area contributed by atoms with Gasteiger partial charge < -0.3 is 14.6 Å². The summed E-state index contributed by atoms with van der Waals surface area (Å²) in [5, 5.41) is 8.84. The van der Waals surface area contributed by atoms with Gasteiger partial charge in [-0.15, -0.1) is 0 Å².